The van der Waals surface area contributed by atoms with Crippen molar-refractivity contribution in [1.82, 2.24) is 9.97 Å². The Morgan fingerprint density at radius 2 is 1.86 bits per heavy atom. The largest absolute Gasteiger partial charge is 0.380 e. The van der Waals surface area contributed by atoms with E-state index in [0.29, 0.717) is 17.8 Å². The van der Waals surface area contributed by atoms with E-state index in [4.69, 9.17) is 9.97 Å². The first-order valence-corrected chi connectivity index (χ1v) is 10.7. The van der Waals surface area contributed by atoms with Crippen LogP contribution in [0.4, 0.5) is 17.3 Å². The molecule has 2 aromatic heterocycles. The molecule has 2 atom stereocenters. The Balaban J connectivity index is 1.45. The number of hydrogen-bond acceptors (Lipinski definition) is 5. The molecule has 1 unspecified atom stereocenters. The molecule has 0 spiro atoms. The molecular weight excluding hydrogens is 346 g/mol. The molecule has 0 aromatic carbocycles. The minimum atomic E-state index is 0.466. The molecule has 0 radical (unpaired) electrons. The second kappa shape index (κ2) is 7.98. The minimum absolute atomic E-state index is 0.466. The summed E-state index contributed by atoms with van der Waals surface area (Å²) in [5.41, 5.74) is 6.21. The van der Waals surface area contributed by atoms with Crippen molar-refractivity contribution in [3.63, 3.8) is 0 Å². The Kier molecular flexibility index (Phi) is 5.42. The second-order valence-corrected chi connectivity index (χ2v) is 8.73. The van der Waals surface area contributed by atoms with E-state index in [1.54, 1.807) is 0 Å². The molecule has 0 saturated heterocycles. The van der Waals surface area contributed by atoms with E-state index < -0.39 is 0 Å². The van der Waals surface area contributed by atoms with Crippen molar-refractivity contribution in [2.45, 2.75) is 58.8 Å². The summed E-state index contributed by atoms with van der Waals surface area (Å²) in [6.07, 6.45) is 3.50. The molecule has 5 nitrogen and oxygen atoms in total. The summed E-state index contributed by atoms with van der Waals surface area (Å²) < 4.78 is 0. The second-order valence-electron chi connectivity index (χ2n) is 8.73. The number of nitrogens with one attached hydrogen (secondary N) is 3. The quantitative estimate of drug-likeness (QED) is 0.704. The maximum Gasteiger partial charge on any atom is 0.149 e. The zero-order valence-electron chi connectivity index (χ0n) is 17.6. The molecule has 4 rings (SSSR count). The number of nitrogens with zero attached hydrogens (tertiary/aromatic N) is 2. The van der Waals surface area contributed by atoms with Crippen LogP contribution in [-0.4, -0.2) is 29.6 Å². The highest BCUT2D eigenvalue weighted by atomic mass is 15.1. The number of aromatic nitrogens is 2. The van der Waals surface area contributed by atoms with Crippen LogP contribution in [0.15, 0.2) is 18.2 Å². The zero-order valence-corrected chi connectivity index (χ0v) is 17.6. The molecule has 2 aromatic rings. The number of rotatable bonds is 4. The lowest BCUT2D eigenvalue weighted by molar-refractivity contribution is 0.442. The van der Waals surface area contributed by atoms with Gasteiger partial charge in [0, 0.05) is 31.0 Å². The molecule has 150 valence electrons. The summed E-state index contributed by atoms with van der Waals surface area (Å²) in [5, 5.41) is 10.5. The normalized spacial score (nSPS) is 19.5. The van der Waals surface area contributed by atoms with E-state index in [1.807, 2.05) is 0 Å². The molecule has 5 heteroatoms. The van der Waals surface area contributed by atoms with Crippen LogP contribution in [-0.2, 0) is 6.42 Å². The van der Waals surface area contributed by atoms with Crippen molar-refractivity contribution in [1.29, 1.82) is 0 Å². The summed E-state index contributed by atoms with van der Waals surface area (Å²) >= 11 is 0. The minimum Gasteiger partial charge on any atom is -0.380 e. The van der Waals surface area contributed by atoms with Crippen LogP contribution in [0, 0.1) is 12.8 Å². The molecule has 0 aliphatic carbocycles. The van der Waals surface area contributed by atoms with Gasteiger partial charge in [-0.2, -0.15) is 0 Å². The van der Waals surface area contributed by atoms with Crippen LogP contribution in [0.3, 0.4) is 0 Å². The third-order valence-electron chi connectivity index (χ3n) is 6.17. The van der Waals surface area contributed by atoms with Gasteiger partial charge in [0.25, 0.3) is 0 Å². The van der Waals surface area contributed by atoms with E-state index >= 15 is 0 Å². The summed E-state index contributed by atoms with van der Waals surface area (Å²) in [6, 6.07) is 6.77. The smallest absolute Gasteiger partial charge is 0.149 e. The van der Waals surface area contributed by atoms with Gasteiger partial charge in [-0.3, -0.25) is 0 Å². The highest BCUT2D eigenvalue weighted by Crippen LogP contribution is 2.34. The Morgan fingerprint density at radius 1 is 1.04 bits per heavy atom. The first kappa shape index (κ1) is 19.0. The van der Waals surface area contributed by atoms with Crippen molar-refractivity contribution < 1.29 is 0 Å². The number of fused-ring (bicyclic) bond motifs is 2. The van der Waals surface area contributed by atoms with Gasteiger partial charge in [0.1, 0.15) is 11.6 Å². The first-order valence-electron chi connectivity index (χ1n) is 10.7. The SMILES string of the molecule is Cc1nc2c(cc1[C@@H](C)CC1CCc3ccc(C(C)C)nc3NC1)NCCN2. The average molecular weight is 380 g/mol. The van der Waals surface area contributed by atoms with Crippen molar-refractivity contribution in [3.05, 3.63) is 40.7 Å². The summed E-state index contributed by atoms with van der Waals surface area (Å²) in [6.45, 7) is 11.8. The third-order valence-corrected chi connectivity index (χ3v) is 6.17. The fourth-order valence-corrected chi connectivity index (χ4v) is 4.48. The van der Waals surface area contributed by atoms with Crippen LogP contribution in [0.25, 0.3) is 0 Å². The molecule has 0 fully saturated rings. The van der Waals surface area contributed by atoms with Crippen LogP contribution >= 0.6 is 0 Å². The number of anilines is 3. The van der Waals surface area contributed by atoms with Gasteiger partial charge in [-0.25, -0.2) is 9.97 Å². The standard InChI is InChI=1S/C23H33N5/c1-14(2)20-8-7-18-6-5-17(13-26-22(18)28-20)11-15(3)19-12-21-23(27-16(19)4)25-10-9-24-21/h7-8,12,14-15,17,24H,5-6,9-11,13H2,1-4H3,(H,25,27)(H,26,28)/t15-,17?/m0/s1. The summed E-state index contributed by atoms with van der Waals surface area (Å²) in [7, 11) is 0. The zero-order chi connectivity index (χ0) is 19.7. The fourth-order valence-electron chi connectivity index (χ4n) is 4.48. The Hall–Kier alpha value is -2.30. The van der Waals surface area contributed by atoms with Gasteiger partial charge < -0.3 is 16.0 Å². The van der Waals surface area contributed by atoms with Crippen LogP contribution in [0.5, 0.6) is 0 Å². The first-order chi connectivity index (χ1) is 13.5. The predicted molar refractivity (Wildman–Crippen MR) is 118 cm³/mol. The van der Waals surface area contributed by atoms with Crippen LogP contribution in [0.1, 0.15) is 68.0 Å². The van der Waals surface area contributed by atoms with Gasteiger partial charge in [0.2, 0.25) is 0 Å². The van der Waals surface area contributed by atoms with E-state index in [1.165, 1.54) is 29.7 Å². The monoisotopic (exact) mass is 379 g/mol. The van der Waals surface area contributed by atoms with Crippen molar-refractivity contribution in [2.24, 2.45) is 5.92 Å². The van der Waals surface area contributed by atoms with Crippen molar-refractivity contribution >= 4 is 17.3 Å². The number of pyridine rings is 2. The maximum atomic E-state index is 4.87. The van der Waals surface area contributed by atoms with Gasteiger partial charge >= 0.3 is 0 Å². The van der Waals surface area contributed by atoms with E-state index in [2.05, 4.69) is 61.8 Å². The topological polar surface area (TPSA) is 61.9 Å². The Bertz CT molecular complexity index is 845. The highest BCUT2D eigenvalue weighted by Gasteiger charge is 2.22. The summed E-state index contributed by atoms with van der Waals surface area (Å²) in [4.78, 5) is 9.68. The molecule has 0 saturated carbocycles. The van der Waals surface area contributed by atoms with Crippen molar-refractivity contribution in [2.75, 3.05) is 35.6 Å². The number of hydrogen-bond donors (Lipinski definition) is 3. The van der Waals surface area contributed by atoms with E-state index in [-0.39, 0.29) is 0 Å². The molecule has 3 N–H and O–H groups in total. The predicted octanol–water partition coefficient (Wildman–Crippen LogP) is 4.91. The average Bonchev–Trinajstić information content (AvgIpc) is 2.89. The Labute approximate surface area is 168 Å². The molecule has 0 amide bonds. The van der Waals surface area contributed by atoms with Gasteiger partial charge in [-0.1, -0.05) is 26.8 Å². The van der Waals surface area contributed by atoms with E-state index in [0.717, 1.165) is 49.1 Å². The lowest BCUT2D eigenvalue weighted by Gasteiger charge is -2.25. The van der Waals surface area contributed by atoms with Crippen molar-refractivity contribution in [3.8, 4) is 0 Å². The van der Waals surface area contributed by atoms with Gasteiger partial charge in [0.05, 0.1) is 5.69 Å². The highest BCUT2D eigenvalue weighted by molar-refractivity contribution is 5.68. The third kappa shape index (κ3) is 3.94. The Morgan fingerprint density at radius 3 is 2.68 bits per heavy atom. The molecule has 2 aliphatic heterocycles. The maximum absolute atomic E-state index is 4.87. The lowest BCUT2D eigenvalue weighted by Crippen LogP contribution is -2.22. The molecule has 0 bridgehead atoms. The van der Waals surface area contributed by atoms with E-state index in [9.17, 15) is 0 Å². The van der Waals surface area contributed by atoms with Gasteiger partial charge in [0.15, 0.2) is 0 Å². The van der Waals surface area contributed by atoms with Gasteiger partial charge in [-0.05, 0) is 67.2 Å². The molecule has 4 heterocycles. The number of aryl methyl sites for hydroxylation is 2. The molecule has 28 heavy (non-hydrogen) atoms. The summed E-state index contributed by atoms with van der Waals surface area (Å²) in [5.74, 6) is 3.71. The van der Waals surface area contributed by atoms with Gasteiger partial charge in [-0.15, -0.1) is 0 Å². The lowest BCUT2D eigenvalue weighted by atomic mass is 9.86. The molecular formula is C23H33N5. The van der Waals surface area contributed by atoms with Crippen LogP contribution < -0.4 is 16.0 Å². The van der Waals surface area contributed by atoms with Crippen LogP contribution in [0.2, 0.25) is 0 Å². The molecule has 2 aliphatic rings. The fraction of sp³-hybridized carbons (Fsp3) is 0.565.